The number of carbonyl (C=O) groups is 3. The third kappa shape index (κ3) is 3.63. The van der Waals surface area contributed by atoms with E-state index in [2.05, 4.69) is 11.9 Å². The van der Waals surface area contributed by atoms with Gasteiger partial charge in [0, 0.05) is 12.1 Å². The molecule has 8 heteroatoms. The van der Waals surface area contributed by atoms with E-state index in [0.29, 0.717) is 16.9 Å². The van der Waals surface area contributed by atoms with Gasteiger partial charge in [0.1, 0.15) is 17.1 Å². The second-order valence-corrected chi connectivity index (χ2v) is 6.15. The van der Waals surface area contributed by atoms with E-state index in [1.165, 1.54) is 24.2 Å². The number of nitrogens with zero attached hydrogens (tertiary/aromatic N) is 1. The van der Waals surface area contributed by atoms with Crippen molar-refractivity contribution in [1.29, 1.82) is 0 Å². The van der Waals surface area contributed by atoms with Gasteiger partial charge in [-0.2, -0.15) is 0 Å². The summed E-state index contributed by atoms with van der Waals surface area (Å²) in [5, 5.41) is 2.49. The Hall–Kier alpha value is -3.52. The minimum absolute atomic E-state index is 0.0270. The van der Waals surface area contributed by atoms with Crippen molar-refractivity contribution < 1.29 is 23.5 Å². The topological polar surface area (TPSA) is 88.8 Å². The summed E-state index contributed by atoms with van der Waals surface area (Å²) in [7, 11) is 1.30. The third-order valence-corrected chi connectivity index (χ3v) is 4.33. The number of methoxy groups -OCH3 is 1. The number of amides is 2. The van der Waals surface area contributed by atoms with Crippen LogP contribution in [0.1, 0.15) is 16.1 Å². The van der Waals surface area contributed by atoms with Gasteiger partial charge >= 0.3 is 5.97 Å². The molecule has 1 aromatic heterocycles. The van der Waals surface area contributed by atoms with E-state index in [9.17, 15) is 14.4 Å². The third-order valence-electron chi connectivity index (χ3n) is 4.01. The van der Waals surface area contributed by atoms with Crippen molar-refractivity contribution in [3.63, 3.8) is 0 Å². The van der Waals surface area contributed by atoms with Crippen molar-refractivity contribution in [2.75, 3.05) is 13.7 Å². The zero-order chi connectivity index (χ0) is 20.3. The van der Waals surface area contributed by atoms with Gasteiger partial charge in [-0.05, 0) is 36.5 Å². The molecule has 0 saturated carbocycles. The number of esters is 1. The average molecular weight is 396 g/mol. The quantitative estimate of drug-likeness (QED) is 0.275. The fourth-order valence-corrected chi connectivity index (χ4v) is 2.94. The Balaban J connectivity index is 1.96. The average Bonchev–Trinajstić information content (AvgIpc) is 3.16. The van der Waals surface area contributed by atoms with Gasteiger partial charge in [-0.25, -0.2) is 4.79 Å². The highest BCUT2D eigenvalue weighted by molar-refractivity contribution is 7.80. The number of benzene rings is 1. The van der Waals surface area contributed by atoms with E-state index in [1.54, 1.807) is 36.4 Å². The van der Waals surface area contributed by atoms with Crippen LogP contribution in [-0.4, -0.2) is 41.5 Å². The summed E-state index contributed by atoms with van der Waals surface area (Å²) >= 11 is 5.01. The maximum Gasteiger partial charge on any atom is 0.338 e. The van der Waals surface area contributed by atoms with Crippen LogP contribution in [0.5, 0.6) is 0 Å². The number of rotatable bonds is 5. The fourth-order valence-electron chi connectivity index (χ4n) is 2.69. The first-order valence-corrected chi connectivity index (χ1v) is 8.64. The molecule has 2 amide bonds. The molecule has 142 valence electrons. The molecule has 0 unspecified atom stereocenters. The molecule has 1 fully saturated rings. The molecule has 2 heterocycles. The van der Waals surface area contributed by atoms with Crippen molar-refractivity contribution in [3.8, 4) is 11.3 Å². The number of furan rings is 1. The lowest BCUT2D eigenvalue weighted by Gasteiger charge is -2.27. The van der Waals surface area contributed by atoms with Crippen LogP contribution < -0.4 is 5.32 Å². The number of carbonyl (C=O) groups excluding carboxylic acids is 3. The number of nitrogens with one attached hydrogen (secondary N) is 1. The van der Waals surface area contributed by atoms with Crippen LogP contribution in [0.2, 0.25) is 0 Å². The summed E-state index contributed by atoms with van der Waals surface area (Å²) in [6, 6.07) is 10.0. The van der Waals surface area contributed by atoms with Gasteiger partial charge in [0.2, 0.25) is 0 Å². The standard InChI is InChI=1S/C20H16N2O5S/c1-3-10-22-18(24)15(17(23)21-20(22)28)11-12-8-9-16(27-12)13-6-4-5-7-14(13)19(25)26-2/h3-9,11H,1,10H2,2H3,(H,21,23,28)/b15-11+. The molecule has 2 aromatic rings. The molecule has 1 N–H and O–H groups in total. The first-order chi connectivity index (χ1) is 13.5. The van der Waals surface area contributed by atoms with Gasteiger partial charge in [0.25, 0.3) is 11.8 Å². The molecule has 28 heavy (non-hydrogen) atoms. The largest absolute Gasteiger partial charge is 0.465 e. The van der Waals surface area contributed by atoms with E-state index < -0.39 is 17.8 Å². The highest BCUT2D eigenvalue weighted by atomic mass is 32.1. The lowest BCUT2D eigenvalue weighted by Crippen LogP contribution is -2.53. The van der Waals surface area contributed by atoms with E-state index >= 15 is 0 Å². The van der Waals surface area contributed by atoms with Crippen molar-refractivity contribution in [2.45, 2.75) is 0 Å². The monoisotopic (exact) mass is 396 g/mol. The number of ether oxygens (including phenoxy) is 1. The van der Waals surface area contributed by atoms with Crippen LogP contribution in [0.3, 0.4) is 0 Å². The molecule has 1 aliphatic rings. The van der Waals surface area contributed by atoms with Crippen LogP contribution >= 0.6 is 12.2 Å². The number of hydrogen-bond acceptors (Lipinski definition) is 6. The minimum Gasteiger partial charge on any atom is -0.465 e. The summed E-state index contributed by atoms with van der Waals surface area (Å²) in [5.74, 6) is -0.971. The maximum atomic E-state index is 12.6. The highest BCUT2D eigenvalue weighted by Gasteiger charge is 2.32. The smallest absolute Gasteiger partial charge is 0.338 e. The van der Waals surface area contributed by atoms with Crippen molar-refractivity contribution in [2.24, 2.45) is 0 Å². The maximum absolute atomic E-state index is 12.6. The molecule has 7 nitrogen and oxygen atoms in total. The summed E-state index contributed by atoms with van der Waals surface area (Å²) in [5.41, 5.74) is 0.762. The predicted molar refractivity (Wildman–Crippen MR) is 106 cm³/mol. The Labute approximate surface area is 166 Å². The summed E-state index contributed by atoms with van der Waals surface area (Å²) in [4.78, 5) is 37.9. The van der Waals surface area contributed by atoms with Crippen LogP contribution in [0.25, 0.3) is 17.4 Å². The molecule has 3 rings (SSSR count). The van der Waals surface area contributed by atoms with Crippen molar-refractivity contribution in [1.82, 2.24) is 10.2 Å². The predicted octanol–water partition coefficient (Wildman–Crippen LogP) is 2.55. The molecule has 0 atom stereocenters. The number of hydrogen-bond donors (Lipinski definition) is 1. The van der Waals surface area contributed by atoms with Gasteiger partial charge in [-0.1, -0.05) is 24.3 Å². The van der Waals surface area contributed by atoms with Crippen LogP contribution in [0.4, 0.5) is 0 Å². The van der Waals surface area contributed by atoms with E-state index in [1.807, 2.05) is 0 Å². The molecule has 0 aliphatic carbocycles. The first-order valence-electron chi connectivity index (χ1n) is 8.23. The second-order valence-electron chi connectivity index (χ2n) is 5.76. The summed E-state index contributed by atoms with van der Waals surface area (Å²) in [6.07, 6.45) is 2.84. The Morgan fingerprint density at radius 3 is 2.75 bits per heavy atom. The van der Waals surface area contributed by atoms with E-state index in [0.717, 1.165) is 0 Å². The minimum atomic E-state index is -0.608. The SMILES string of the molecule is C=CCN1C(=O)/C(=C/c2ccc(-c3ccccc3C(=O)OC)o2)C(=O)NC1=S. The zero-order valence-corrected chi connectivity index (χ0v) is 15.7. The second kappa shape index (κ2) is 8.01. The molecule has 0 bridgehead atoms. The first kappa shape index (κ1) is 19.2. The lowest BCUT2D eigenvalue weighted by atomic mass is 10.1. The summed E-state index contributed by atoms with van der Waals surface area (Å²) < 4.78 is 10.5. The van der Waals surface area contributed by atoms with E-state index in [4.69, 9.17) is 21.4 Å². The molecule has 1 aromatic carbocycles. The molecule has 0 radical (unpaired) electrons. The van der Waals surface area contributed by atoms with Crippen LogP contribution in [0.15, 0.2) is 59.0 Å². The molecule has 1 saturated heterocycles. The Bertz CT molecular complexity index is 1020. The Morgan fingerprint density at radius 1 is 1.29 bits per heavy atom. The van der Waals surface area contributed by atoms with Gasteiger partial charge < -0.3 is 9.15 Å². The lowest BCUT2D eigenvalue weighted by molar-refractivity contribution is -0.128. The van der Waals surface area contributed by atoms with Crippen LogP contribution in [0, 0.1) is 0 Å². The fraction of sp³-hybridized carbons (Fsp3) is 0.100. The zero-order valence-electron chi connectivity index (χ0n) is 14.9. The Kier molecular flexibility index (Phi) is 5.51. The van der Waals surface area contributed by atoms with Crippen molar-refractivity contribution >= 4 is 41.2 Å². The molecular formula is C20H16N2O5S. The van der Waals surface area contributed by atoms with Gasteiger partial charge in [0.05, 0.1) is 12.7 Å². The summed E-state index contributed by atoms with van der Waals surface area (Å²) in [6.45, 7) is 3.75. The Morgan fingerprint density at radius 2 is 2.04 bits per heavy atom. The molecule has 1 aliphatic heterocycles. The highest BCUT2D eigenvalue weighted by Crippen LogP contribution is 2.27. The van der Waals surface area contributed by atoms with Gasteiger partial charge in [-0.15, -0.1) is 6.58 Å². The van der Waals surface area contributed by atoms with Crippen molar-refractivity contribution in [3.05, 3.63) is 65.9 Å². The van der Waals surface area contributed by atoms with E-state index in [-0.39, 0.29) is 23.0 Å². The normalized spacial score (nSPS) is 15.5. The molecular weight excluding hydrogens is 380 g/mol. The molecule has 0 spiro atoms. The van der Waals surface area contributed by atoms with Gasteiger partial charge in [-0.3, -0.25) is 19.8 Å². The van der Waals surface area contributed by atoms with Gasteiger partial charge in [0.15, 0.2) is 5.11 Å². The van der Waals surface area contributed by atoms with Crippen LogP contribution in [-0.2, 0) is 14.3 Å². The number of thiocarbonyl (C=S) groups is 1.